The lowest BCUT2D eigenvalue weighted by Gasteiger charge is -2.22. The van der Waals surface area contributed by atoms with E-state index in [1.54, 1.807) is 56.3 Å². The monoisotopic (exact) mass is 303 g/mol. The third-order valence-corrected chi connectivity index (χ3v) is 3.14. The summed E-state index contributed by atoms with van der Waals surface area (Å²) >= 11 is 0. The molecule has 0 heterocycles. The highest BCUT2D eigenvalue weighted by atomic mass is 19.1. The van der Waals surface area contributed by atoms with Gasteiger partial charge in [0.1, 0.15) is 23.9 Å². The summed E-state index contributed by atoms with van der Waals surface area (Å²) in [5.74, 6) is 0.229. The van der Waals surface area contributed by atoms with Crippen molar-refractivity contribution in [2.24, 2.45) is 5.73 Å². The van der Waals surface area contributed by atoms with Crippen LogP contribution in [-0.2, 0) is 11.4 Å². The molecule has 0 aliphatic heterocycles. The summed E-state index contributed by atoms with van der Waals surface area (Å²) < 4.78 is 24.5. The van der Waals surface area contributed by atoms with Crippen LogP contribution in [0.5, 0.6) is 11.5 Å². The van der Waals surface area contributed by atoms with E-state index in [-0.39, 0.29) is 12.4 Å². The second-order valence-corrected chi connectivity index (χ2v) is 5.33. The van der Waals surface area contributed by atoms with Crippen molar-refractivity contribution in [2.75, 3.05) is 0 Å². The average Bonchev–Trinajstić information content (AvgIpc) is 2.47. The molecule has 5 heteroatoms. The van der Waals surface area contributed by atoms with Crippen molar-refractivity contribution in [3.05, 3.63) is 59.9 Å². The van der Waals surface area contributed by atoms with E-state index in [9.17, 15) is 9.18 Å². The Labute approximate surface area is 128 Å². The lowest BCUT2D eigenvalue weighted by molar-refractivity contribution is -0.130. The lowest BCUT2D eigenvalue weighted by atomic mass is 10.1. The zero-order valence-electron chi connectivity index (χ0n) is 12.5. The maximum Gasteiger partial charge on any atom is 0.261 e. The number of carbonyl (C=O) groups is 1. The molecule has 2 N–H and O–H groups in total. The molecule has 2 aromatic carbocycles. The fourth-order valence-corrected chi connectivity index (χ4v) is 1.73. The average molecular weight is 303 g/mol. The predicted molar refractivity (Wildman–Crippen MR) is 81.1 cm³/mol. The van der Waals surface area contributed by atoms with E-state index in [1.165, 1.54) is 6.07 Å². The van der Waals surface area contributed by atoms with Gasteiger partial charge in [0, 0.05) is 5.56 Å². The van der Waals surface area contributed by atoms with Gasteiger partial charge in [-0.1, -0.05) is 18.2 Å². The van der Waals surface area contributed by atoms with Crippen LogP contribution in [-0.4, -0.2) is 11.5 Å². The number of hydrogen-bond donors (Lipinski definition) is 1. The number of amides is 1. The van der Waals surface area contributed by atoms with Crippen molar-refractivity contribution in [1.29, 1.82) is 0 Å². The minimum Gasteiger partial charge on any atom is -0.489 e. The second-order valence-electron chi connectivity index (χ2n) is 5.33. The lowest BCUT2D eigenvalue weighted by Crippen LogP contribution is -2.43. The molecule has 1 amide bonds. The van der Waals surface area contributed by atoms with Gasteiger partial charge in [0.15, 0.2) is 5.60 Å². The smallest absolute Gasteiger partial charge is 0.261 e. The maximum absolute atomic E-state index is 13.5. The van der Waals surface area contributed by atoms with Crippen LogP contribution in [0.2, 0.25) is 0 Å². The first-order valence-corrected chi connectivity index (χ1v) is 6.84. The van der Waals surface area contributed by atoms with Gasteiger partial charge in [0.2, 0.25) is 0 Å². The molecule has 0 atom stereocenters. The van der Waals surface area contributed by atoms with E-state index < -0.39 is 11.5 Å². The molecule has 0 aromatic heterocycles. The van der Waals surface area contributed by atoms with E-state index in [0.717, 1.165) is 0 Å². The highest BCUT2D eigenvalue weighted by molar-refractivity contribution is 5.82. The number of benzene rings is 2. The van der Waals surface area contributed by atoms with Crippen LogP contribution in [0.3, 0.4) is 0 Å². The summed E-state index contributed by atoms with van der Waals surface area (Å²) in [6, 6.07) is 13.2. The van der Waals surface area contributed by atoms with Gasteiger partial charge < -0.3 is 15.2 Å². The van der Waals surface area contributed by atoms with Crippen molar-refractivity contribution in [1.82, 2.24) is 0 Å². The number of ether oxygens (including phenoxy) is 2. The number of nitrogens with two attached hydrogens (primary N) is 1. The first kappa shape index (κ1) is 15.8. The highest BCUT2D eigenvalue weighted by Gasteiger charge is 2.26. The Bertz CT molecular complexity index is 653. The second kappa shape index (κ2) is 6.47. The van der Waals surface area contributed by atoms with Crippen molar-refractivity contribution in [3.63, 3.8) is 0 Å². The molecule has 0 aliphatic carbocycles. The topological polar surface area (TPSA) is 61.6 Å². The predicted octanol–water partition coefficient (Wildman–Crippen LogP) is 3.05. The van der Waals surface area contributed by atoms with Crippen LogP contribution in [0, 0.1) is 5.82 Å². The zero-order chi connectivity index (χ0) is 16.2. The van der Waals surface area contributed by atoms with E-state index in [1.807, 2.05) is 0 Å². The Hall–Kier alpha value is -2.56. The summed E-state index contributed by atoms with van der Waals surface area (Å²) in [5.41, 5.74) is 4.65. The fraction of sp³-hybridized carbons (Fsp3) is 0.235. The Morgan fingerprint density at radius 2 is 1.68 bits per heavy atom. The van der Waals surface area contributed by atoms with Gasteiger partial charge in [-0.15, -0.1) is 0 Å². The van der Waals surface area contributed by atoms with Crippen molar-refractivity contribution < 1.29 is 18.7 Å². The van der Waals surface area contributed by atoms with Gasteiger partial charge in [-0.3, -0.25) is 4.79 Å². The van der Waals surface area contributed by atoms with Gasteiger partial charge in [-0.05, 0) is 44.2 Å². The molecule has 0 saturated heterocycles. The summed E-state index contributed by atoms with van der Waals surface area (Å²) in [5, 5.41) is 0. The van der Waals surface area contributed by atoms with Crippen LogP contribution < -0.4 is 15.2 Å². The Morgan fingerprint density at radius 1 is 1.09 bits per heavy atom. The molecule has 0 fully saturated rings. The minimum atomic E-state index is -1.09. The molecule has 4 nitrogen and oxygen atoms in total. The Balaban J connectivity index is 1.98. The molecule has 0 spiro atoms. The van der Waals surface area contributed by atoms with Gasteiger partial charge >= 0.3 is 0 Å². The Kier molecular flexibility index (Phi) is 4.65. The van der Waals surface area contributed by atoms with Gasteiger partial charge in [-0.2, -0.15) is 0 Å². The molecule has 116 valence electrons. The van der Waals surface area contributed by atoms with Gasteiger partial charge in [0.05, 0.1) is 0 Å². The quantitative estimate of drug-likeness (QED) is 0.892. The van der Waals surface area contributed by atoms with E-state index in [4.69, 9.17) is 15.2 Å². The van der Waals surface area contributed by atoms with Crippen LogP contribution >= 0.6 is 0 Å². The molecule has 0 unspecified atom stereocenters. The molecule has 0 radical (unpaired) electrons. The largest absolute Gasteiger partial charge is 0.489 e. The van der Waals surface area contributed by atoms with Crippen LogP contribution in [0.4, 0.5) is 4.39 Å². The summed E-state index contributed by atoms with van der Waals surface area (Å²) in [6.07, 6.45) is 0. The number of rotatable bonds is 6. The fourth-order valence-electron chi connectivity index (χ4n) is 1.73. The molecule has 0 saturated carbocycles. The SMILES string of the molecule is CC(C)(Oc1ccc(OCc2ccccc2F)cc1)C(N)=O. The third-order valence-electron chi connectivity index (χ3n) is 3.14. The molecular weight excluding hydrogens is 285 g/mol. The van der Waals surface area contributed by atoms with Crippen molar-refractivity contribution in [2.45, 2.75) is 26.1 Å². The number of primary amides is 1. The van der Waals surface area contributed by atoms with E-state index >= 15 is 0 Å². The molecular formula is C17H18FNO3. The molecule has 0 bridgehead atoms. The van der Waals surface area contributed by atoms with Crippen LogP contribution in [0.1, 0.15) is 19.4 Å². The van der Waals surface area contributed by atoms with Gasteiger partial charge in [-0.25, -0.2) is 4.39 Å². The molecule has 0 aliphatic rings. The third kappa shape index (κ3) is 3.97. The summed E-state index contributed by atoms with van der Waals surface area (Å²) in [7, 11) is 0. The Morgan fingerprint density at radius 3 is 2.27 bits per heavy atom. The van der Waals surface area contributed by atoms with E-state index in [2.05, 4.69) is 0 Å². The van der Waals surface area contributed by atoms with Crippen molar-refractivity contribution >= 4 is 5.91 Å². The summed E-state index contributed by atoms with van der Waals surface area (Å²) in [4.78, 5) is 11.2. The van der Waals surface area contributed by atoms with Crippen molar-refractivity contribution in [3.8, 4) is 11.5 Å². The van der Waals surface area contributed by atoms with Crippen LogP contribution in [0.25, 0.3) is 0 Å². The number of hydrogen-bond acceptors (Lipinski definition) is 3. The normalized spacial score (nSPS) is 11.0. The number of carbonyl (C=O) groups excluding carboxylic acids is 1. The maximum atomic E-state index is 13.5. The first-order chi connectivity index (χ1) is 10.4. The highest BCUT2D eigenvalue weighted by Crippen LogP contribution is 2.22. The molecule has 22 heavy (non-hydrogen) atoms. The zero-order valence-corrected chi connectivity index (χ0v) is 12.5. The standard InChI is InChI=1S/C17H18FNO3/c1-17(2,16(19)20)22-14-9-7-13(8-10-14)21-11-12-5-3-4-6-15(12)18/h3-10H,11H2,1-2H3,(H2,19,20). The molecule has 2 aromatic rings. The van der Waals surface area contributed by atoms with Gasteiger partial charge in [0.25, 0.3) is 5.91 Å². The molecule has 2 rings (SSSR count). The minimum absolute atomic E-state index is 0.139. The van der Waals surface area contributed by atoms with E-state index in [0.29, 0.717) is 17.1 Å². The first-order valence-electron chi connectivity index (χ1n) is 6.84. The summed E-state index contributed by atoms with van der Waals surface area (Å²) in [6.45, 7) is 3.33. The van der Waals surface area contributed by atoms with Crippen LogP contribution in [0.15, 0.2) is 48.5 Å². The number of halogens is 1.